The summed E-state index contributed by atoms with van der Waals surface area (Å²) in [4.78, 5) is 6.70. The van der Waals surface area contributed by atoms with Gasteiger partial charge in [-0.3, -0.25) is 0 Å². The normalized spacial score (nSPS) is 14.4. The van der Waals surface area contributed by atoms with Crippen LogP contribution in [0, 0.1) is 6.92 Å². The zero-order chi connectivity index (χ0) is 12.4. The predicted molar refractivity (Wildman–Crippen MR) is 72.6 cm³/mol. The van der Waals surface area contributed by atoms with Crippen LogP contribution in [0.4, 0.5) is 5.13 Å². The largest absolute Gasteiger partial charge is 0.378 e. The topological polar surface area (TPSA) is 25.4 Å². The zero-order valence-corrected chi connectivity index (χ0v) is 11.9. The van der Waals surface area contributed by atoms with Crippen LogP contribution in [0.15, 0.2) is 5.38 Å². The molecule has 1 aromatic rings. The smallest absolute Gasteiger partial charge is 0.185 e. The van der Waals surface area contributed by atoms with E-state index in [1.165, 1.54) is 0 Å². The average molecular weight is 244 g/mol. The van der Waals surface area contributed by atoms with Gasteiger partial charge in [0.1, 0.15) is 0 Å². The molecule has 2 rings (SSSR count). The lowest BCUT2D eigenvalue weighted by molar-refractivity contribution is 0.122. The van der Waals surface area contributed by atoms with Crippen molar-refractivity contribution in [1.82, 2.24) is 4.98 Å². The molecule has 94 valence electrons. The molecule has 1 aliphatic rings. The number of aryl methyl sites for hydroxylation is 1. The molecule has 0 bridgehead atoms. The second kappa shape index (κ2) is 9.60. The van der Waals surface area contributed by atoms with Crippen molar-refractivity contribution >= 4 is 16.5 Å². The first kappa shape index (κ1) is 15.4. The SMILES string of the molecule is CC.CC.Cc1csc(N2CCOCC2)n1. The van der Waals surface area contributed by atoms with Crippen LogP contribution in [0.3, 0.4) is 0 Å². The molecule has 1 aliphatic heterocycles. The monoisotopic (exact) mass is 244 g/mol. The number of rotatable bonds is 1. The standard InChI is InChI=1S/C8H12N2OS.2C2H6/c1-7-6-12-8(9-7)10-2-4-11-5-3-10;2*1-2/h6H,2-5H2,1H3;2*1-2H3. The molecular weight excluding hydrogens is 220 g/mol. The Morgan fingerprint density at radius 1 is 1.19 bits per heavy atom. The van der Waals surface area contributed by atoms with Gasteiger partial charge in [0.15, 0.2) is 5.13 Å². The average Bonchev–Trinajstić information content (AvgIpc) is 2.82. The van der Waals surface area contributed by atoms with E-state index in [0.717, 1.165) is 37.1 Å². The third kappa shape index (κ3) is 4.94. The van der Waals surface area contributed by atoms with Gasteiger partial charge in [0.25, 0.3) is 0 Å². The van der Waals surface area contributed by atoms with Crippen LogP contribution in [-0.4, -0.2) is 31.3 Å². The van der Waals surface area contributed by atoms with E-state index in [2.05, 4.69) is 15.3 Å². The lowest BCUT2D eigenvalue weighted by atomic mass is 10.5. The van der Waals surface area contributed by atoms with Crippen molar-refractivity contribution in [3.05, 3.63) is 11.1 Å². The maximum Gasteiger partial charge on any atom is 0.185 e. The maximum absolute atomic E-state index is 5.26. The van der Waals surface area contributed by atoms with E-state index in [9.17, 15) is 0 Å². The molecule has 0 spiro atoms. The van der Waals surface area contributed by atoms with E-state index in [4.69, 9.17) is 4.74 Å². The third-order valence-electron chi connectivity index (χ3n) is 1.89. The number of nitrogens with zero attached hydrogens (tertiary/aromatic N) is 2. The number of morpholine rings is 1. The van der Waals surface area contributed by atoms with Gasteiger partial charge in [0, 0.05) is 18.5 Å². The molecule has 0 atom stereocenters. The molecule has 2 heterocycles. The molecule has 1 saturated heterocycles. The Morgan fingerprint density at radius 3 is 2.19 bits per heavy atom. The Labute approximate surface area is 103 Å². The molecular formula is C12H24N2OS. The number of ether oxygens (including phenoxy) is 1. The fourth-order valence-electron chi connectivity index (χ4n) is 1.24. The highest BCUT2D eigenvalue weighted by atomic mass is 32.1. The van der Waals surface area contributed by atoms with Crippen molar-refractivity contribution in [3.8, 4) is 0 Å². The van der Waals surface area contributed by atoms with E-state index in [0.29, 0.717) is 0 Å². The Kier molecular flexibility index (Phi) is 9.24. The van der Waals surface area contributed by atoms with Gasteiger partial charge >= 0.3 is 0 Å². The first-order valence-electron chi connectivity index (χ1n) is 6.11. The van der Waals surface area contributed by atoms with Gasteiger partial charge in [-0.1, -0.05) is 27.7 Å². The Bertz CT molecular complexity index is 257. The fraction of sp³-hybridized carbons (Fsp3) is 0.750. The molecule has 0 radical (unpaired) electrons. The van der Waals surface area contributed by atoms with Gasteiger partial charge in [0.2, 0.25) is 0 Å². The number of aromatic nitrogens is 1. The third-order valence-corrected chi connectivity index (χ3v) is 2.91. The van der Waals surface area contributed by atoms with Gasteiger partial charge in [-0.25, -0.2) is 4.98 Å². The summed E-state index contributed by atoms with van der Waals surface area (Å²) in [6.07, 6.45) is 0. The van der Waals surface area contributed by atoms with Crippen LogP contribution in [0.25, 0.3) is 0 Å². The molecule has 0 saturated carbocycles. The van der Waals surface area contributed by atoms with Crippen molar-refractivity contribution in [2.75, 3.05) is 31.2 Å². The van der Waals surface area contributed by atoms with E-state index < -0.39 is 0 Å². The van der Waals surface area contributed by atoms with Crippen LogP contribution >= 0.6 is 11.3 Å². The Hall–Kier alpha value is -0.610. The van der Waals surface area contributed by atoms with E-state index >= 15 is 0 Å². The van der Waals surface area contributed by atoms with Gasteiger partial charge in [-0.05, 0) is 6.92 Å². The van der Waals surface area contributed by atoms with Gasteiger partial charge in [-0.15, -0.1) is 11.3 Å². The summed E-state index contributed by atoms with van der Waals surface area (Å²) in [7, 11) is 0. The minimum absolute atomic E-state index is 0.832. The van der Waals surface area contributed by atoms with Crippen molar-refractivity contribution in [2.45, 2.75) is 34.6 Å². The van der Waals surface area contributed by atoms with Gasteiger partial charge in [-0.2, -0.15) is 0 Å². The summed E-state index contributed by atoms with van der Waals surface area (Å²) in [5.41, 5.74) is 1.11. The van der Waals surface area contributed by atoms with Crippen molar-refractivity contribution in [1.29, 1.82) is 0 Å². The molecule has 0 aliphatic carbocycles. The second-order valence-electron chi connectivity index (χ2n) is 2.87. The highest BCUT2D eigenvalue weighted by Gasteiger charge is 2.13. The van der Waals surface area contributed by atoms with Crippen LogP contribution < -0.4 is 4.90 Å². The second-order valence-corrected chi connectivity index (χ2v) is 3.71. The van der Waals surface area contributed by atoms with Gasteiger partial charge < -0.3 is 9.64 Å². The molecule has 0 aromatic carbocycles. The van der Waals surface area contributed by atoms with E-state index in [1.807, 2.05) is 34.6 Å². The molecule has 0 amide bonds. The number of hydrogen-bond acceptors (Lipinski definition) is 4. The van der Waals surface area contributed by atoms with Crippen molar-refractivity contribution in [3.63, 3.8) is 0 Å². The van der Waals surface area contributed by atoms with E-state index in [1.54, 1.807) is 11.3 Å². The van der Waals surface area contributed by atoms with Crippen molar-refractivity contribution < 1.29 is 4.74 Å². The quantitative estimate of drug-likeness (QED) is 0.757. The number of anilines is 1. The molecule has 16 heavy (non-hydrogen) atoms. The summed E-state index contributed by atoms with van der Waals surface area (Å²) < 4.78 is 5.26. The number of hydrogen-bond donors (Lipinski definition) is 0. The highest BCUT2D eigenvalue weighted by Crippen LogP contribution is 2.20. The first-order chi connectivity index (χ1) is 7.86. The summed E-state index contributed by atoms with van der Waals surface area (Å²) in [6, 6.07) is 0. The molecule has 1 aromatic heterocycles. The molecule has 1 fully saturated rings. The van der Waals surface area contributed by atoms with Crippen LogP contribution in [0.1, 0.15) is 33.4 Å². The van der Waals surface area contributed by atoms with Crippen LogP contribution in [0.5, 0.6) is 0 Å². The summed E-state index contributed by atoms with van der Waals surface area (Å²) >= 11 is 1.72. The Morgan fingerprint density at radius 2 is 1.75 bits per heavy atom. The highest BCUT2D eigenvalue weighted by molar-refractivity contribution is 7.13. The van der Waals surface area contributed by atoms with Crippen molar-refractivity contribution in [2.24, 2.45) is 0 Å². The summed E-state index contributed by atoms with van der Waals surface area (Å²) in [6.45, 7) is 13.7. The maximum atomic E-state index is 5.26. The fourth-order valence-corrected chi connectivity index (χ4v) is 2.10. The lowest BCUT2D eigenvalue weighted by Gasteiger charge is -2.25. The molecule has 4 heteroatoms. The molecule has 0 unspecified atom stereocenters. The zero-order valence-electron chi connectivity index (χ0n) is 11.1. The lowest BCUT2D eigenvalue weighted by Crippen LogP contribution is -2.36. The molecule has 0 N–H and O–H groups in total. The first-order valence-corrected chi connectivity index (χ1v) is 6.99. The summed E-state index contributed by atoms with van der Waals surface area (Å²) in [5.74, 6) is 0. The van der Waals surface area contributed by atoms with Crippen LogP contribution in [0.2, 0.25) is 0 Å². The summed E-state index contributed by atoms with van der Waals surface area (Å²) in [5, 5.41) is 3.22. The van der Waals surface area contributed by atoms with Crippen LogP contribution in [-0.2, 0) is 4.74 Å². The predicted octanol–water partition coefficient (Wildman–Crippen LogP) is 3.34. The van der Waals surface area contributed by atoms with E-state index in [-0.39, 0.29) is 0 Å². The minimum Gasteiger partial charge on any atom is -0.378 e. The Balaban J connectivity index is 0.000000509. The molecule has 3 nitrogen and oxygen atoms in total. The minimum atomic E-state index is 0.832. The number of thiazole rings is 1. The van der Waals surface area contributed by atoms with Gasteiger partial charge in [0.05, 0.1) is 18.9 Å².